The maximum Gasteiger partial charge on any atom is 0.270 e. The lowest BCUT2D eigenvalue weighted by Crippen LogP contribution is -2.23. The highest BCUT2D eigenvalue weighted by atomic mass is 35.5. The molecule has 1 fully saturated rings. The average molecular weight is 326 g/mol. The fourth-order valence-corrected chi connectivity index (χ4v) is 1.93. The molecule has 0 aromatic carbocycles. The zero-order chi connectivity index (χ0) is 13.1. The van der Waals surface area contributed by atoms with Gasteiger partial charge in [0.1, 0.15) is 5.69 Å². The zero-order valence-electron chi connectivity index (χ0n) is 11.4. The summed E-state index contributed by atoms with van der Waals surface area (Å²) in [7, 11) is 0. The van der Waals surface area contributed by atoms with Gasteiger partial charge in [0, 0.05) is 30.6 Å². The van der Waals surface area contributed by atoms with E-state index in [2.05, 4.69) is 21.4 Å². The van der Waals surface area contributed by atoms with Crippen molar-refractivity contribution in [3.05, 3.63) is 59.7 Å². The Morgan fingerprint density at radius 2 is 1.95 bits per heavy atom. The van der Waals surface area contributed by atoms with Crippen molar-refractivity contribution >= 4 is 30.7 Å². The topological polar surface area (TPSA) is 54.9 Å². The molecule has 3 rings (SSSR count). The van der Waals surface area contributed by atoms with Crippen molar-refractivity contribution in [1.29, 1.82) is 0 Å². The maximum absolute atomic E-state index is 11.8. The molecule has 0 unspecified atom stereocenters. The summed E-state index contributed by atoms with van der Waals surface area (Å²) in [6.45, 7) is 0.480. The summed E-state index contributed by atoms with van der Waals surface area (Å²) in [5.41, 5.74) is 2.61. The third kappa shape index (κ3) is 4.69. The Labute approximate surface area is 136 Å². The standard InChI is InChI=1S/C15H15N3O.2ClH/c19-15(14-3-1-2-8-16-14)18-10-11-4-7-13(17-9-11)12-5-6-12;;/h1-4,7-9,12H,5-6,10H2,(H,18,19);2*1H. The van der Waals surface area contributed by atoms with Gasteiger partial charge in [0.05, 0.1) is 0 Å². The van der Waals surface area contributed by atoms with Crippen LogP contribution in [0.2, 0.25) is 0 Å². The lowest BCUT2D eigenvalue weighted by molar-refractivity contribution is 0.0946. The number of hydrogen-bond donors (Lipinski definition) is 1. The van der Waals surface area contributed by atoms with Crippen LogP contribution in [0, 0.1) is 0 Å². The smallest absolute Gasteiger partial charge is 0.270 e. The van der Waals surface area contributed by atoms with E-state index in [0.29, 0.717) is 18.2 Å². The summed E-state index contributed by atoms with van der Waals surface area (Å²) in [5, 5.41) is 2.84. The van der Waals surface area contributed by atoms with E-state index in [1.165, 1.54) is 18.5 Å². The molecule has 4 nitrogen and oxygen atoms in total. The van der Waals surface area contributed by atoms with Crippen LogP contribution < -0.4 is 5.32 Å². The molecule has 112 valence electrons. The quantitative estimate of drug-likeness (QED) is 0.939. The number of aromatic nitrogens is 2. The molecular formula is C15H17Cl2N3O. The highest BCUT2D eigenvalue weighted by Crippen LogP contribution is 2.38. The van der Waals surface area contributed by atoms with Crippen molar-refractivity contribution < 1.29 is 4.79 Å². The molecule has 1 amide bonds. The molecule has 0 saturated heterocycles. The van der Waals surface area contributed by atoms with E-state index in [0.717, 1.165) is 5.56 Å². The van der Waals surface area contributed by atoms with Crippen LogP contribution >= 0.6 is 24.8 Å². The monoisotopic (exact) mass is 325 g/mol. The van der Waals surface area contributed by atoms with E-state index in [9.17, 15) is 4.79 Å². The Morgan fingerprint density at radius 3 is 2.52 bits per heavy atom. The van der Waals surface area contributed by atoms with E-state index in [1.54, 1.807) is 24.4 Å². The average Bonchev–Trinajstić information content (AvgIpc) is 3.31. The first-order valence-corrected chi connectivity index (χ1v) is 6.47. The lowest BCUT2D eigenvalue weighted by Gasteiger charge is -2.05. The number of carbonyl (C=O) groups is 1. The van der Waals surface area contributed by atoms with Gasteiger partial charge in [0.2, 0.25) is 0 Å². The number of rotatable bonds is 4. The minimum atomic E-state index is -0.160. The van der Waals surface area contributed by atoms with Crippen molar-refractivity contribution in [1.82, 2.24) is 15.3 Å². The Bertz CT molecular complexity index is 571. The van der Waals surface area contributed by atoms with Gasteiger partial charge < -0.3 is 5.32 Å². The van der Waals surface area contributed by atoms with Crippen LogP contribution in [0.1, 0.15) is 40.5 Å². The van der Waals surface area contributed by atoms with Gasteiger partial charge in [-0.05, 0) is 36.6 Å². The SMILES string of the molecule is Cl.Cl.O=C(NCc1ccc(C2CC2)nc1)c1ccccn1. The third-order valence-corrected chi connectivity index (χ3v) is 3.19. The fourth-order valence-electron chi connectivity index (χ4n) is 1.93. The van der Waals surface area contributed by atoms with Gasteiger partial charge >= 0.3 is 0 Å². The number of carbonyl (C=O) groups excluding carboxylic acids is 1. The summed E-state index contributed by atoms with van der Waals surface area (Å²) in [6.07, 6.45) is 5.96. The highest BCUT2D eigenvalue weighted by molar-refractivity contribution is 5.92. The van der Waals surface area contributed by atoms with E-state index in [-0.39, 0.29) is 30.7 Å². The molecule has 0 bridgehead atoms. The molecular weight excluding hydrogens is 309 g/mol. The molecule has 1 aliphatic carbocycles. The van der Waals surface area contributed by atoms with Gasteiger partial charge in [0.25, 0.3) is 5.91 Å². The molecule has 6 heteroatoms. The molecule has 21 heavy (non-hydrogen) atoms. The molecule has 2 heterocycles. The van der Waals surface area contributed by atoms with Crippen LogP contribution in [0.25, 0.3) is 0 Å². The second-order valence-corrected chi connectivity index (χ2v) is 4.76. The Morgan fingerprint density at radius 1 is 1.14 bits per heavy atom. The largest absolute Gasteiger partial charge is 0.347 e. The van der Waals surface area contributed by atoms with Crippen LogP contribution in [0.15, 0.2) is 42.7 Å². The second kappa shape index (κ2) is 7.96. The van der Waals surface area contributed by atoms with Crippen molar-refractivity contribution in [2.75, 3.05) is 0 Å². The molecule has 0 aliphatic heterocycles. The number of hydrogen-bond acceptors (Lipinski definition) is 3. The van der Waals surface area contributed by atoms with Crippen molar-refractivity contribution in [3.63, 3.8) is 0 Å². The molecule has 2 aromatic heterocycles. The van der Waals surface area contributed by atoms with Crippen LogP contribution in [-0.2, 0) is 6.54 Å². The zero-order valence-corrected chi connectivity index (χ0v) is 13.0. The second-order valence-electron chi connectivity index (χ2n) is 4.76. The van der Waals surface area contributed by atoms with Crippen LogP contribution in [0.5, 0.6) is 0 Å². The highest BCUT2D eigenvalue weighted by Gasteiger charge is 2.24. The predicted octanol–water partition coefficient (Wildman–Crippen LogP) is 3.13. The first-order valence-electron chi connectivity index (χ1n) is 6.47. The molecule has 0 radical (unpaired) electrons. The Kier molecular flexibility index (Phi) is 6.59. The van der Waals surface area contributed by atoms with E-state index < -0.39 is 0 Å². The van der Waals surface area contributed by atoms with Crippen molar-refractivity contribution in [2.45, 2.75) is 25.3 Å². The summed E-state index contributed by atoms with van der Waals surface area (Å²) < 4.78 is 0. The van der Waals surface area contributed by atoms with Gasteiger partial charge in [-0.25, -0.2) is 0 Å². The van der Waals surface area contributed by atoms with Crippen molar-refractivity contribution in [2.24, 2.45) is 0 Å². The Hall–Kier alpha value is -1.65. The predicted molar refractivity (Wildman–Crippen MR) is 86.1 cm³/mol. The van der Waals surface area contributed by atoms with E-state index in [4.69, 9.17) is 0 Å². The van der Waals surface area contributed by atoms with Crippen LogP contribution in [0.4, 0.5) is 0 Å². The normalized spacial score (nSPS) is 12.8. The molecule has 1 saturated carbocycles. The minimum Gasteiger partial charge on any atom is -0.347 e. The molecule has 0 atom stereocenters. The minimum absolute atomic E-state index is 0. The van der Waals surface area contributed by atoms with Gasteiger partial charge in [-0.3, -0.25) is 14.8 Å². The summed E-state index contributed by atoms with van der Waals surface area (Å²) in [5.74, 6) is 0.504. The summed E-state index contributed by atoms with van der Waals surface area (Å²) in [4.78, 5) is 20.2. The summed E-state index contributed by atoms with van der Waals surface area (Å²) in [6, 6.07) is 9.37. The van der Waals surface area contributed by atoms with Crippen LogP contribution in [0.3, 0.4) is 0 Å². The number of nitrogens with one attached hydrogen (secondary N) is 1. The number of halogens is 2. The van der Waals surface area contributed by atoms with Gasteiger partial charge in [-0.1, -0.05) is 12.1 Å². The Balaban J connectivity index is 0.00000110. The van der Waals surface area contributed by atoms with E-state index >= 15 is 0 Å². The van der Waals surface area contributed by atoms with Crippen molar-refractivity contribution in [3.8, 4) is 0 Å². The first-order chi connectivity index (χ1) is 9.33. The van der Waals surface area contributed by atoms with Gasteiger partial charge in [0.15, 0.2) is 0 Å². The molecule has 0 spiro atoms. The summed E-state index contributed by atoms with van der Waals surface area (Å²) >= 11 is 0. The lowest BCUT2D eigenvalue weighted by atomic mass is 10.2. The third-order valence-electron chi connectivity index (χ3n) is 3.19. The number of pyridine rings is 2. The first kappa shape index (κ1) is 17.4. The van der Waals surface area contributed by atoms with Gasteiger partial charge in [-0.2, -0.15) is 0 Å². The number of nitrogens with zero attached hydrogens (tertiary/aromatic N) is 2. The molecule has 1 aliphatic rings. The maximum atomic E-state index is 11.8. The number of amides is 1. The van der Waals surface area contributed by atoms with E-state index in [1.807, 2.05) is 12.3 Å². The molecule has 2 aromatic rings. The fraction of sp³-hybridized carbons (Fsp3) is 0.267. The van der Waals surface area contributed by atoms with Crippen LogP contribution in [-0.4, -0.2) is 15.9 Å². The van der Waals surface area contributed by atoms with Gasteiger partial charge in [-0.15, -0.1) is 24.8 Å². The molecule has 1 N–H and O–H groups in total.